The Labute approximate surface area is 106 Å². The molecule has 1 rings (SSSR count). The van der Waals surface area contributed by atoms with Crippen LogP contribution in [0.15, 0.2) is 18.2 Å². The predicted octanol–water partition coefficient (Wildman–Crippen LogP) is 1.83. The highest BCUT2D eigenvalue weighted by Crippen LogP contribution is 2.27. The molecular weight excluding hydrogens is 240 g/mol. The summed E-state index contributed by atoms with van der Waals surface area (Å²) in [6.45, 7) is 1.85. The minimum atomic E-state index is -0.114. The molecule has 94 valence electrons. The molecule has 0 aliphatic heterocycles. The smallest absolute Gasteiger partial charge is 0.259 e. The summed E-state index contributed by atoms with van der Waals surface area (Å²) in [5.41, 5.74) is 6.67. The highest BCUT2D eigenvalue weighted by molar-refractivity contribution is 6.32. The molecule has 0 spiro atoms. The van der Waals surface area contributed by atoms with E-state index in [1.54, 1.807) is 26.2 Å². The molecule has 0 aliphatic carbocycles. The van der Waals surface area contributed by atoms with Gasteiger partial charge in [0.2, 0.25) is 0 Å². The maximum Gasteiger partial charge on any atom is 0.259 e. The van der Waals surface area contributed by atoms with Crippen molar-refractivity contribution in [2.75, 3.05) is 20.7 Å². The van der Waals surface area contributed by atoms with Crippen molar-refractivity contribution < 1.29 is 9.53 Å². The second kappa shape index (κ2) is 5.89. The molecule has 0 aliphatic rings. The van der Waals surface area contributed by atoms with Gasteiger partial charge in [-0.05, 0) is 24.6 Å². The van der Waals surface area contributed by atoms with Crippen molar-refractivity contribution in [3.63, 3.8) is 0 Å². The van der Waals surface area contributed by atoms with Crippen molar-refractivity contribution in [2.45, 2.75) is 13.0 Å². The number of nitrogens with two attached hydrogens (primary N) is 1. The average molecular weight is 257 g/mol. The first-order valence-corrected chi connectivity index (χ1v) is 5.67. The third-order valence-corrected chi connectivity index (χ3v) is 2.63. The van der Waals surface area contributed by atoms with Gasteiger partial charge >= 0.3 is 0 Å². The summed E-state index contributed by atoms with van der Waals surface area (Å²) in [5, 5.41) is 0.464. The molecule has 0 unspecified atom stereocenters. The van der Waals surface area contributed by atoms with Crippen molar-refractivity contribution in [3.8, 4) is 5.75 Å². The van der Waals surface area contributed by atoms with Gasteiger partial charge in [-0.2, -0.15) is 0 Å². The Morgan fingerprint density at radius 2 is 2.18 bits per heavy atom. The summed E-state index contributed by atoms with van der Waals surface area (Å²) in [6.07, 6.45) is 0. The van der Waals surface area contributed by atoms with Crippen molar-refractivity contribution in [1.82, 2.24) is 4.90 Å². The zero-order chi connectivity index (χ0) is 13.0. The van der Waals surface area contributed by atoms with E-state index in [2.05, 4.69) is 0 Å². The van der Waals surface area contributed by atoms with E-state index in [1.165, 1.54) is 4.90 Å². The van der Waals surface area contributed by atoms with Crippen LogP contribution in [0.5, 0.6) is 5.75 Å². The fourth-order valence-electron chi connectivity index (χ4n) is 1.19. The molecule has 0 radical (unpaired) electrons. The van der Waals surface area contributed by atoms with Crippen LogP contribution in [0, 0.1) is 0 Å². The minimum absolute atomic E-state index is 0.0236. The van der Waals surface area contributed by atoms with Crippen molar-refractivity contribution in [2.24, 2.45) is 5.73 Å². The first kappa shape index (κ1) is 13.8. The van der Waals surface area contributed by atoms with E-state index in [1.807, 2.05) is 13.0 Å². The van der Waals surface area contributed by atoms with Gasteiger partial charge in [-0.25, -0.2) is 0 Å². The third kappa shape index (κ3) is 3.91. The Morgan fingerprint density at radius 1 is 1.53 bits per heavy atom. The van der Waals surface area contributed by atoms with Crippen molar-refractivity contribution in [3.05, 3.63) is 28.8 Å². The molecule has 0 saturated carbocycles. The van der Waals surface area contributed by atoms with Gasteiger partial charge in [0, 0.05) is 20.1 Å². The maximum atomic E-state index is 11.3. The van der Waals surface area contributed by atoms with E-state index in [4.69, 9.17) is 22.1 Å². The summed E-state index contributed by atoms with van der Waals surface area (Å²) >= 11 is 6.03. The number of hydrogen-bond donors (Lipinski definition) is 1. The minimum Gasteiger partial charge on any atom is -0.482 e. The van der Waals surface area contributed by atoms with Crippen LogP contribution in [-0.2, 0) is 4.79 Å². The number of carbonyl (C=O) groups excluding carboxylic acids is 1. The molecule has 1 aromatic carbocycles. The van der Waals surface area contributed by atoms with Gasteiger partial charge in [-0.3, -0.25) is 4.79 Å². The van der Waals surface area contributed by atoms with E-state index in [0.29, 0.717) is 10.8 Å². The molecule has 4 nitrogen and oxygen atoms in total. The molecule has 2 N–H and O–H groups in total. The van der Waals surface area contributed by atoms with Crippen LogP contribution < -0.4 is 10.5 Å². The Kier molecular flexibility index (Phi) is 4.78. The van der Waals surface area contributed by atoms with Crippen LogP contribution in [0.25, 0.3) is 0 Å². The SMILES string of the molecule is C[C@H](N)c1ccc(OCC(=O)N(C)C)c(Cl)c1. The lowest BCUT2D eigenvalue weighted by molar-refractivity contribution is -0.130. The molecule has 1 atom stereocenters. The highest BCUT2D eigenvalue weighted by atomic mass is 35.5. The highest BCUT2D eigenvalue weighted by Gasteiger charge is 2.09. The fourth-order valence-corrected chi connectivity index (χ4v) is 1.43. The van der Waals surface area contributed by atoms with Gasteiger partial charge in [-0.1, -0.05) is 17.7 Å². The van der Waals surface area contributed by atoms with Crippen LogP contribution >= 0.6 is 11.6 Å². The number of likely N-dealkylation sites (N-methyl/N-ethyl adjacent to an activating group) is 1. The fraction of sp³-hybridized carbons (Fsp3) is 0.417. The van der Waals surface area contributed by atoms with Crippen LogP contribution in [0.1, 0.15) is 18.5 Å². The quantitative estimate of drug-likeness (QED) is 0.894. The van der Waals surface area contributed by atoms with Gasteiger partial charge in [0.05, 0.1) is 5.02 Å². The number of carbonyl (C=O) groups is 1. The Morgan fingerprint density at radius 3 is 2.65 bits per heavy atom. The van der Waals surface area contributed by atoms with E-state index < -0.39 is 0 Å². The molecule has 0 aromatic heterocycles. The van der Waals surface area contributed by atoms with E-state index >= 15 is 0 Å². The topological polar surface area (TPSA) is 55.6 Å². The van der Waals surface area contributed by atoms with Gasteiger partial charge in [-0.15, -0.1) is 0 Å². The van der Waals surface area contributed by atoms with Gasteiger partial charge in [0.25, 0.3) is 5.91 Å². The number of ether oxygens (including phenoxy) is 1. The largest absolute Gasteiger partial charge is 0.482 e. The second-order valence-corrected chi connectivity index (χ2v) is 4.46. The molecule has 17 heavy (non-hydrogen) atoms. The molecule has 5 heteroatoms. The molecule has 0 saturated heterocycles. The monoisotopic (exact) mass is 256 g/mol. The Hall–Kier alpha value is -1.26. The first-order valence-electron chi connectivity index (χ1n) is 5.29. The number of rotatable bonds is 4. The lowest BCUT2D eigenvalue weighted by Crippen LogP contribution is -2.27. The van der Waals surface area contributed by atoms with Crippen LogP contribution in [0.4, 0.5) is 0 Å². The van der Waals surface area contributed by atoms with Crippen LogP contribution in [-0.4, -0.2) is 31.5 Å². The molecule has 1 aromatic rings. The number of hydrogen-bond acceptors (Lipinski definition) is 3. The van der Waals surface area contributed by atoms with E-state index in [0.717, 1.165) is 5.56 Å². The summed E-state index contributed by atoms with van der Waals surface area (Å²) < 4.78 is 5.33. The molecule has 0 fully saturated rings. The Bertz CT molecular complexity index is 405. The van der Waals surface area contributed by atoms with Gasteiger partial charge in [0.15, 0.2) is 6.61 Å². The van der Waals surface area contributed by atoms with E-state index in [9.17, 15) is 4.79 Å². The number of halogens is 1. The molecular formula is C12H17ClN2O2. The lowest BCUT2D eigenvalue weighted by Gasteiger charge is -2.13. The van der Waals surface area contributed by atoms with E-state index in [-0.39, 0.29) is 18.6 Å². The number of benzene rings is 1. The first-order chi connectivity index (χ1) is 7.91. The van der Waals surface area contributed by atoms with Crippen molar-refractivity contribution in [1.29, 1.82) is 0 Å². The average Bonchev–Trinajstić information content (AvgIpc) is 2.26. The normalized spacial score (nSPS) is 12.1. The molecule has 1 amide bonds. The molecule has 0 bridgehead atoms. The van der Waals surface area contributed by atoms with Crippen molar-refractivity contribution >= 4 is 17.5 Å². The third-order valence-electron chi connectivity index (χ3n) is 2.33. The zero-order valence-electron chi connectivity index (χ0n) is 10.2. The summed E-state index contributed by atoms with van der Waals surface area (Å²) in [6, 6.07) is 5.24. The summed E-state index contributed by atoms with van der Waals surface area (Å²) in [7, 11) is 3.35. The standard InChI is InChI=1S/C12H17ClN2O2/c1-8(14)9-4-5-11(10(13)6-9)17-7-12(16)15(2)3/h4-6,8H,7,14H2,1-3H3/t8-/m0/s1. The number of nitrogens with zero attached hydrogens (tertiary/aromatic N) is 1. The van der Waals surface area contributed by atoms with Gasteiger partial charge < -0.3 is 15.4 Å². The summed E-state index contributed by atoms with van der Waals surface area (Å²) in [5.74, 6) is 0.378. The molecule has 0 heterocycles. The lowest BCUT2D eigenvalue weighted by atomic mass is 10.1. The second-order valence-electron chi connectivity index (χ2n) is 4.06. The zero-order valence-corrected chi connectivity index (χ0v) is 11.0. The number of amides is 1. The van der Waals surface area contributed by atoms with Crippen LogP contribution in [0.2, 0.25) is 5.02 Å². The summed E-state index contributed by atoms with van der Waals surface area (Å²) in [4.78, 5) is 12.8. The predicted molar refractivity (Wildman–Crippen MR) is 68.2 cm³/mol. The van der Waals surface area contributed by atoms with Crippen LogP contribution in [0.3, 0.4) is 0 Å². The van der Waals surface area contributed by atoms with Gasteiger partial charge in [0.1, 0.15) is 5.75 Å². The maximum absolute atomic E-state index is 11.3. The Balaban J connectivity index is 2.70.